The molecule has 0 saturated heterocycles. The van der Waals surface area contributed by atoms with Crippen LogP contribution in [0.1, 0.15) is 37.6 Å². The second-order valence-corrected chi connectivity index (χ2v) is 8.45. The maximum absolute atomic E-state index is 12.7. The van der Waals surface area contributed by atoms with E-state index in [1.54, 1.807) is 26.0 Å². The quantitative estimate of drug-likeness (QED) is 0.368. The largest absolute Gasteiger partial charge is 0.448 e. The molecule has 1 aromatic heterocycles. The van der Waals surface area contributed by atoms with E-state index in [1.807, 2.05) is 0 Å². The zero-order valence-electron chi connectivity index (χ0n) is 17.7. The lowest BCUT2D eigenvalue weighted by Crippen LogP contribution is -2.49. The van der Waals surface area contributed by atoms with Crippen LogP contribution in [0.5, 0.6) is 0 Å². The number of rotatable bonds is 12. The number of esters is 1. The van der Waals surface area contributed by atoms with Gasteiger partial charge in [0.1, 0.15) is 0 Å². The van der Waals surface area contributed by atoms with Crippen LogP contribution in [0.3, 0.4) is 0 Å². The van der Waals surface area contributed by atoms with Crippen molar-refractivity contribution in [3.63, 3.8) is 0 Å². The number of thioether (sulfide) groups is 1. The molecule has 0 saturated carbocycles. The summed E-state index contributed by atoms with van der Waals surface area (Å²) in [7, 11) is 1.49. The summed E-state index contributed by atoms with van der Waals surface area (Å²) >= 11 is 1.13. The molecule has 1 atom stereocenters. The molecule has 0 aliphatic carbocycles. The second kappa shape index (κ2) is 13.0. The van der Waals surface area contributed by atoms with Crippen molar-refractivity contribution in [2.75, 3.05) is 32.6 Å². The Labute approximate surface area is 180 Å². The predicted molar refractivity (Wildman–Crippen MR) is 113 cm³/mol. The van der Waals surface area contributed by atoms with Gasteiger partial charge in [0.15, 0.2) is 11.2 Å². The molecular formula is C20H29N3O6S. The molecule has 1 heterocycles. The van der Waals surface area contributed by atoms with Crippen molar-refractivity contribution in [1.82, 2.24) is 15.6 Å². The van der Waals surface area contributed by atoms with Gasteiger partial charge < -0.3 is 20.1 Å². The van der Waals surface area contributed by atoms with E-state index in [0.29, 0.717) is 12.3 Å². The molecule has 0 unspecified atom stereocenters. The van der Waals surface area contributed by atoms with Gasteiger partial charge in [-0.2, -0.15) is 0 Å². The smallest absolute Gasteiger partial charge is 0.340 e. The van der Waals surface area contributed by atoms with Crippen molar-refractivity contribution in [2.45, 2.75) is 33.3 Å². The number of nitrogens with zero attached hydrogens (tertiary/aromatic N) is 1. The van der Waals surface area contributed by atoms with E-state index < -0.39 is 23.4 Å². The van der Waals surface area contributed by atoms with Crippen molar-refractivity contribution >= 4 is 34.7 Å². The molecule has 2 N–H and O–H groups in total. The van der Waals surface area contributed by atoms with Gasteiger partial charge in [-0.3, -0.25) is 19.4 Å². The van der Waals surface area contributed by atoms with Crippen LogP contribution in [0, 0.1) is 5.41 Å². The molecule has 2 amide bonds. The summed E-state index contributed by atoms with van der Waals surface area (Å²) in [5, 5.41) is 5.29. The highest BCUT2D eigenvalue weighted by molar-refractivity contribution is 8.13. The Hall–Kier alpha value is -2.46. The highest BCUT2D eigenvalue weighted by atomic mass is 32.2. The summed E-state index contributed by atoms with van der Waals surface area (Å²) in [6.07, 6.45) is 1.82. The lowest BCUT2D eigenvalue weighted by Gasteiger charge is -2.32. The number of hydrogen-bond acceptors (Lipinski definition) is 8. The third-order valence-corrected chi connectivity index (χ3v) is 4.78. The van der Waals surface area contributed by atoms with E-state index in [4.69, 9.17) is 9.47 Å². The highest BCUT2D eigenvalue weighted by Gasteiger charge is 2.39. The third-order valence-electron chi connectivity index (χ3n) is 3.97. The van der Waals surface area contributed by atoms with Gasteiger partial charge in [0.25, 0.3) is 5.91 Å². The number of pyridine rings is 1. The first-order valence-corrected chi connectivity index (χ1v) is 10.4. The first-order valence-electron chi connectivity index (χ1n) is 9.45. The lowest BCUT2D eigenvalue weighted by atomic mass is 9.86. The van der Waals surface area contributed by atoms with Gasteiger partial charge in [0, 0.05) is 57.1 Å². The Morgan fingerprint density at radius 2 is 1.93 bits per heavy atom. The van der Waals surface area contributed by atoms with Gasteiger partial charge in [-0.25, -0.2) is 4.79 Å². The van der Waals surface area contributed by atoms with Gasteiger partial charge in [-0.15, -0.1) is 0 Å². The minimum Gasteiger partial charge on any atom is -0.448 e. The fraction of sp³-hybridized carbons (Fsp3) is 0.550. The van der Waals surface area contributed by atoms with Gasteiger partial charge in [-0.1, -0.05) is 25.6 Å². The molecule has 0 spiro atoms. The normalized spacial score (nSPS) is 12.0. The third kappa shape index (κ3) is 9.36. The molecule has 0 bridgehead atoms. The van der Waals surface area contributed by atoms with Crippen LogP contribution in [-0.4, -0.2) is 66.5 Å². The summed E-state index contributed by atoms with van der Waals surface area (Å²) in [6.45, 7) is 5.58. The Morgan fingerprint density at radius 1 is 1.20 bits per heavy atom. The summed E-state index contributed by atoms with van der Waals surface area (Å²) in [5.41, 5.74) is -0.575. The van der Waals surface area contributed by atoms with Crippen molar-refractivity contribution in [3.05, 3.63) is 30.1 Å². The van der Waals surface area contributed by atoms with Crippen LogP contribution in [0.2, 0.25) is 0 Å². The average molecular weight is 440 g/mol. The first kappa shape index (κ1) is 25.6. The summed E-state index contributed by atoms with van der Waals surface area (Å²) < 4.78 is 10.6. The van der Waals surface area contributed by atoms with Gasteiger partial charge in [0.05, 0.1) is 12.2 Å². The predicted octanol–water partition coefficient (Wildman–Crippen LogP) is 1.18. The summed E-state index contributed by atoms with van der Waals surface area (Å²) in [5.74, 6) is -0.952. The number of aromatic nitrogens is 1. The SMILES string of the molecule is COCC(C)(C)[C@@H](OC(=O)c1cccnc1)C(=O)NCCC(=O)NCCSC(C)=O. The molecule has 0 aromatic carbocycles. The summed E-state index contributed by atoms with van der Waals surface area (Å²) in [6, 6.07) is 3.14. The lowest BCUT2D eigenvalue weighted by molar-refractivity contribution is -0.138. The number of carbonyl (C=O) groups excluding carboxylic acids is 4. The number of carbonyl (C=O) groups is 4. The van der Waals surface area contributed by atoms with E-state index in [0.717, 1.165) is 11.8 Å². The fourth-order valence-corrected chi connectivity index (χ4v) is 3.03. The van der Waals surface area contributed by atoms with Crippen LogP contribution < -0.4 is 10.6 Å². The molecule has 1 aromatic rings. The minimum atomic E-state index is -1.12. The molecule has 0 radical (unpaired) electrons. The fourth-order valence-electron chi connectivity index (χ4n) is 2.54. The van der Waals surface area contributed by atoms with E-state index in [9.17, 15) is 19.2 Å². The number of amides is 2. The highest BCUT2D eigenvalue weighted by Crippen LogP contribution is 2.25. The van der Waals surface area contributed by atoms with Gasteiger partial charge in [-0.05, 0) is 12.1 Å². The van der Waals surface area contributed by atoms with Gasteiger partial charge in [0.2, 0.25) is 5.91 Å². The maximum atomic E-state index is 12.7. The number of ether oxygens (including phenoxy) is 2. The Balaban J connectivity index is 2.62. The maximum Gasteiger partial charge on any atom is 0.340 e. The molecule has 1 rings (SSSR count). The van der Waals surface area contributed by atoms with Crippen LogP contribution in [0.4, 0.5) is 0 Å². The monoisotopic (exact) mass is 439 g/mol. The molecule has 9 nitrogen and oxygen atoms in total. The second-order valence-electron chi connectivity index (χ2n) is 7.18. The summed E-state index contributed by atoms with van der Waals surface area (Å²) in [4.78, 5) is 51.7. The molecule has 0 aliphatic rings. The van der Waals surface area contributed by atoms with Crippen molar-refractivity contribution in [1.29, 1.82) is 0 Å². The molecular weight excluding hydrogens is 410 g/mol. The van der Waals surface area contributed by atoms with E-state index in [-0.39, 0.29) is 36.2 Å². The number of nitrogens with one attached hydrogen (secondary N) is 2. The topological polar surface area (TPSA) is 124 Å². The van der Waals surface area contributed by atoms with Crippen LogP contribution in [-0.2, 0) is 23.9 Å². The van der Waals surface area contributed by atoms with Crippen LogP contribution in [0.15, 0.2) is 24.5 Å². The zero-order valence-corrected chi connectivity index (χ0v) is 18.5. The van der Waals surface area contributed by atoms with Crippen LogP contribution in [0.25, 0.3) is 0 Å². The number of hydrogen-bond donors (Lipinski definition) is 2. The van der Waals surface area contributed by atoms with E-state index in [2.05, 4.69) is 15.6 Å². The standard InChI is InChI=1S/C20H29N3O6S/c1-14(24)30-11-10-22-16(25)7-9-23-18(26)17(20(2,3)13-28-4)29-19(27)15-6-5-8-21-12-15/h5-6,8,12,17H,7,9-11,13H2,1-4H3,(H,22,25)(H,23,26)/t17-/m0/s1. The van der Waals surface area contributed by atoms with E-state index in [1.165, 1.54) is 26.4 Å². The molecule has 166 valence electrons. The Kier molecular flexibility index (Phi) is 11.1. The Morgan fingerprint density at radius 3 is 2.53 bits per heavy atom. The van der Waals surface area contributed by atoms with E-state index >= 15 is 0 Å². The average Bonchev–Trinajstić information content (AvgIpc) is 2.69. The van der Waals surface area contributed by atoms with Crippen molar-refractivity contribution < 1.29 is 28.7 Å². The minimum absolute atomic E-state index is 0.0120. The molecule has 0 aliphatic heterocycles. The molecule has 10 heteroatoms. The van der Waals surface area contributed by atoms with Crippen molar-refractivity contribution in [3.8, 4) is 0 Å². The van der Waals surface area contributed by atoms with Crippen LogP contribution >= 0.6 is 11.8 Å². The Bertz CT molecular complexity index is 727. The number of methoxy groups -OCH3 is 1. The molecule has 30 heavy (non-hydrogen) atoms. The zero-order chi connectivity index (χ0) is 22.6. The first-order chi connectivity index (χ1) is 14.2. The van der Waals surface area contributed by atoms with Crippen molar-refractivity contribution in [2.24, 2.45) is 5.41 Å². The molecule has 0 fully saturated rings. The van der Waals surface area contributed by atoms with Gasteiger partial charge >= 0.3 is 5.97 Å².